The summed E-state index contributed by atoms with van der Waals surface area (Å²) in [4.78, 5) is 4.29. The lowest BCUT2D eigenvalue weighted by molar-refractivity contribution is 0.143. The molecule has 3 atom stereocenters. The van der Waals surface area contributed by atoms with Crippen LogP contribution in [0.15, 0.2) is 4.99 Å². The topological polar surface area (TPSA) is 62.7 Å². The van der Waals surface area contributed by atoms with Gasteiger partial charge in [-0.15, -0.1) is 24.0 Å². The molecule has 0 bridgehead atoms. The fraction of sp³-hybridized carbons (Fsp3) is 0.938. The molecule has 5 nitrogen and oxygen atoms in total. The molecule has 0 heterocycles. The van der Waals surface area contributed by atoms with Gasteiger partial charge in [-0.25, -0.2) is 0 Å². The monoisotopic (exact) mass is 459 g/mol. The van der Waals surface area contributed by atoms with Crippen molar-refractivity contribution in [3.63, 3.8) is 0 Å². The minimum absolute atomic E-state index is 0. The summed E-state index contributed by atoms with van der Waals surface area (Å²) >= 11 is 0. The first-order valence-corrected chi connectivity index (χ1v) is 10.0. The second-order valence-electron chi connectivity index (χ2n) is 5.70. The van der Waals surface area contributed by atoms with E-state index in [9.17, 15) is 4.21 Å². The van der Waals surface area contributed by atoms with Crippen LogP contribution in [0.2, 0.25) is 0 Å². The lowest BCUT2D eigenvalue weighted by Gasteiger charge is -2.30. The predicted molar refractivity (Wildman–Crippen MR) is 110 cm³/mol. The summed E-state index contributed by atoms with van der Waals surface area (Å²) in [6.07, 6.45) is 6.53. The molecule has 138 valence electrons. The number of unbranched alkanes of at least 4 members (excludes halogenated alkanes) is 1. The summed E-state index contributed by atoms with van der Waals surface area (Å²) in [5, 5.41) is 7.20. The molecule has 0 aliphatic heterocycles. The highest BCUT2D eigenvalue weighted by molar-refractivity contribution is 14.0. The molecule has 0 spiro atoms. The number of hydrogen-bond acceptors (Lipinski definition) is 3. The van der Waals surface area contributed by atoms with Crippen molar-refractivity contribution in [2.24, 2.45) is 4.99 Å². The Balaban J connectivity index is 0.00000484. The first kappa shape index (κ1) is 23.1. The molecule has 7 heteroatoms. The third-order valence-electron chi connectivity index (χ3n) is 4.06. The highest BCUT2D eigenvalue weighted by Crippen LogP contribution is 2.22. The van der Waals surface area contributed by atoms with Crippen molar-refractivity contribution in [3.8, 4) is 0 Å². The fourth-order valence-electron chi connectivity index (χ4n) is 2.82. The van der Waals surface area contributed by atoms with E-state index >= 15 is 0 Å². The summed E-state index contributed by atoms with van der Waals surface area (Å²) in [5.41, 5.74) is 0. The summed E-state index contributed by atoms with van der Waals surface area (Å²) in [6.45, 7) is 6.56. The van der Waals surface area contributed by atoms with E-state index in [0.29, 0.717) is 11.3 Å². The maximum atomic E-state index is 12.0. The Hall–Kier alpha value is 0.110. The van der Waals surface area contributed by atoms with E-state index in [2.05, 4.69) is 15.6 Å². The van der Waals surface area contributed by atoms with Crippen LogP contribution >= 0.6 is 24.0 Å². The molecule has 0 amide bonds. The van der Waals surface area contributed by atoms with E-state index in [1.54, 1.807) is 7.05 Å². The second kappa shape index (κ2) is 14.5. The van der Waals surface area contributed by atoms with Crippen molar-refractivity contribution in [2.45, 2.75) is 63.7 Å². The van der Waals surface area contributed by atoms with Gasteiger partial charge in [-0.1, -0.05) is 13.3 Å². The van der Waals surface area contributed by atoms with Crippen LogP contribution in [0.4, 0.5) is 0 Å². The minimum Gasteiger partial charge on any atom is -0.382 e. The van der Waals surface area contributed by atoms with Gasteiger partial charge >= 0.3 is 0 Å². The van der Waals surface area contributed by atoms with Gasteiger partial charge in [-0.05, 0) is 39.0 Å². The van der Waals surface area contributed by atoms with Crippen molar-refractivity contribution >= 4 is 40.7 Å². The Morgan fingerprint density at radius 1 is 1.30 bits per heavy atom. The zero-order chi connectivity index (χ0) is 16.2. The molecular weight excluding hydrogens is 425 g/mol. The molecule has 1 rings (SSSR count). The van der Waals surface area contributed by atoms with Crippen molar-refractivity contribution in [2.75, 3.05) is 32.6 Å². The fourth-order valence-corrected chi connectivity index (χ4v) is 4.17. The Bertz CT molecular complexity index is 356. The van der Waals surface area contributed by atoms with Crippen molar-refractivity contribution in [3.05, 3.63) is 0 Å². The standard InChI is InChI=1S/C16H33N3O2S.HI/c1-4-21-12-7-6-11-18-16(17-3)19-14-9-8-10-15(13-14)22(20)5-2;/h14-15H,4-13H2,1-3H3,(H2,17,18,19);1H. The number of nitrogens with zero attached hydrogens (tertiary/aromatic N) is 1. The molecule has 2 N–H and O–H groups in total. The van der Waals surface area contributed by atoms with Gasteiger partial charge in [0.15, 0.2) is 5.96 Å². The van der Waals surface area contributed by atoms with E-state index in [1.807, 2.05) is 13.8 Å². The largest absolute Gasteiger partial charge is 0.382 e. The Morgan fingerprint density at radius 3 is 2.74 bits per heavy atom. The number of ether oxygens (including phenoxy) is 1. The summed E-state index contributed by atoms with van der Waals surface area (Å²) < 4.78 is 17.3. The maximum Gasteiger partial charge on any atom is 0.191 e. The van der Waals surface area contributed by atoms with Crippen LogP contribution in [-0.2, 0) is 15.5 Å². The maximum absolute atomic E-state index is 12.0. The highest BCUT2D eigenvalue weighted by atomic mass is 127. The third kappa shape index (κ3) is 9.86. The number of rotatable bonds is 9. The van der Waals surface area contributed by atoms with Crippen molar-refractivity contribution < 1.29 is 8.95 Å². The van der Waals surface area contributed by atoms with Crippen LogP contribution < -0.4 is 10.6 Å². The molecule has 1 saturated carbocycles. The average Bonchev–Trinajstić information content (AvgIpc) is 2.56. The predicted octanol–water partition coefficient (Wildman–Crippen LogP) is 2.67. The first-order valence-electron chi connectivity index (χ1n) is 8.63. The molecule has 23 heavy (non-hydrogen) atoms. The van der Waals surface area contributed by atoms with Crippen LogP contribution in [0.25, 0.3) is 0 Å². The molecule has 0 radical (unpaired) electrons. The Kier molecular flexibility index (Phi) is 14.5. The highest BCUT2D eigenvalue weighted by Gasteiger charge is 2.25. The quantitative estimate of drug-likeness (QED) is 0.241. The minimum atomic E-state index is -0.675. The third-order valence-corrected chi connectivity index (χ3v) is 5.80. The van der Waals surface area contributed by atoms with Crippen LogP contribution in [-0.4, -0.2) is 54.0 Å². The zero-order valence-electron chi connectivity index (χ0n) is 14.8. The van der Waals surface area contributed by atoms with Crippen LogP contribution in [0.5, 0.6) is 0 Å². The molecule has 1 aliphatic carbocycles. The van der Waals surface area contributed by atoms with Crippen molar-refractivity contribution in [1.82, 2.24) is 10.6 Å². The summed E-state index contributed by atoms with van der Waals surface area (Å²) in [6, 6.07) is 0.392. The lowest BCUT2D eigenvalue weighted by atomic mass is 9.95. The molecule has 3 unspecified atom stereocenters. The summed E-state index contributed by atoms with van der Waals surface area (Å²) in [7, 11) is 1.13. The number of guanidine groups is 1. The first-order chi connectivity index (χ1) is 10.7. The van der Waals surface area contributed by atoms with Gasteiger partial charge in [0.05, 0.1) is 0 Å². The molecular formula is C16H34IN3O2S. The normalized spacial score (nSPS) is 23.0. The Morgan fingerprint density at radius 2 is 2.09 bits per heavy atom. The van der Waals surface area contributed by atoms with Gasteiger partial charge in [0.2, 0.25) is 0 Å². The van der Waals surface area contributed by atoms with E-state index in [-0.39, 0.29) is 24.0 Å². The Labute approximate surface area is 161 Å². The average molecular weight is 459 g/mol. The van der Waals surface area contributed by atoms with Gasteiger partial charge in [0.25, 0.3) is 0 Å². The molecule has 1 fully saturated rings. The molecule has 0 aromatic heterocycles. The van der Waals surface area contributed by atoms with Gasteiger partial charge in [0, 0.05) is 54.7 Å². The zero-order valence-corrected chi connectivity index (χ0v) is 18.0. The molecule has 0 aromatic rings. The number of aliphatic imine (C=N–C) groups is 1. The SMILES string of the molecule is CCOCCCCNC(=NC)NC1CCCC(S(=O)CC)C1.I. The van der Waals surface area contributed by atoms with E-state index in [0.717, 1.165) is 70.0 Å². The van der Waals surface area contributed by atoms with Crippen LogP contribution in [0, 0.1) is 0 Å². The molecule has 1 aliphatic rings. The van der Waals surface area contributed by atoms with Crippen molar-refractivity contribution in [1.29, 1.82) is 0 Å². The smallest absolute Gasteiger partial charge is 0.191 e. The second-order valence-corrected chi connectivity index (χ2v) is 7.71. The van der Waals surface area contributed by atoms with Gasteiger partial charge in [-0.2, -0.15) is 0 Å². The van der Waals surface area contributed by atoms with E-state index in [1.165, 1.54) is 0 Å². The number of nitrogens with one attached hydrogen (secondary N) is 2. The molecule has 0 aromatic carbocycles. The van der Waals surface area contributed by atoms with Gasteiger partial charge in [0.1, 0.15) is 0 Å². The number of halogens is 1. The van der Waals surface area contributed by atoms with Crippen LogP contribution in [0.1, 0.15) is 52.4 Å². The number of hydrogen-bond donors (Lipinski definition) is 2. The van der Waals surface area contributed by atoms with E-state index < -0.39 is 10.8 Å². The lowest BCUT2D eigenvalue weighted by Crippen LogP contribution is -2.46. The van der Waals surface area contributed by atoms with Gasteiger partial charge in [-0.3, -0.25) is 9.20 Å². The molecule has 0 saturated heterocycles. The van der Waals surface area contributed by atoms with Crippen LogP contribution in [0.3, 0.4) is 0 Å². The summed E-state index contributed by atoms with van der Waals surface area (Å²) in [5.74, 6) is 1.63. The van der Waals surface area contributed by atoms with E-state index in [4.69, 9.17) is 4.74 Å². The van der Waals surface area contributed by atoms with Gasteiger partial charge < -0.3 is 15.4 Å².